The van der Waals surface area contributed by atoms with Crippen LogP contribution in [0.5, 0.6) is 11.5 Å². The van der Waals surface area contributed by atoms with Crippen LogP contribution in [0.25, 0.3) is 0 Å². The Morgan fingerprint density at radius 3 is 1.92 bits per heavy atom. The predicted molar refractivity (Wildman–Crippen MR) is 262 cm³/mol. The van der Waals surface area contributed by atoms with Gasteiger partial charge in [-0.2, -0.15) is 0 Å². The number of benzene rings is 3. The minimum atomic E-state index is -0.756. The van der Waals surface area contributed by atoms with Gasteiger partial charge in [-0.15, -0.1) is 0 Å². The molecule has 2 heterocycles. The topological polar surface area (TPSA) is 129 Å². The summed E-state index contributed by atoms with van der Waals surface area (Å²) in [5, 5.41) is 34.5. The van der Waals surface area contributed by atoms with E-state index in [4.69, 9.17) is 9.47 Å². The van der Waals surface area contributed by atoms with E-state index in [1.807, 2.05) is 47.4 Å². The highest BCUT2D eigenvalue weighted by atomic mass is 16.5. The van der Waals surface area contributed by atoms with Crippen LogP contribution in [0.15, 0.2) is 72.8 Å². The van der Waals surface area contributed by atoms with Gasteiger partial charge in [-0.3, -0.25) is 9.59 Å². The number of ether oxygens (including phenoxy) is 2. The average molecular weight is 897 g/mol. The number of carbonyl (C=O) groups is 2. The van der Waals surface area contributed by atoms with Crippen molar-refractivity contribution < 1.29 is 34.4 Å². The highest BCUT2D eigenvalue weighted by Gasteiger charge is 2.41. The molecule has 0 bridgehead atoms. The van der Waals surface area contributed by atoms with Gasteiger partial charge in [0.1, 0.15) is 30.8 Å². The van der Waals surface area contributed by atoms with Gasteiger partial charge in [-0.05, 0) is 80.0 Å². The lowest BCUT2D eigenvalue weighted by atomic mass is 9.84. The summed E-state index contributed by atoms with van der Waals surface area (Å²) in [6.45, 7) is 5.89. The smallest absolute Gasteiger partial charge is 0.245 e. The van der Waals surface area contributed by atoms with E-state index in [0.29, 0.717) is 64.2 Å². The minimum Gasteiger partial charge on any atom is -0.489 e. The van der Waals surface area contributed by atoms with Crippen molar-refractivity contribution in [3.63, 3.8) is 0 Å². The van der Waals surface area contributed by atoms with Crippen molar-refractivity contribution in [1.82, 2.24) is 10.2 Å². The predicted octanol–water partition coefficient (Wildman–Crippen LogP) is 11.9. The second-order valence-corrected chi connectivity index (χ2v) is 19.4. The minimum absolute atomic E-state index is 0.0000499. The lowest BCUT2D eigenvalue weighted by Crippen LogP contribution is -2.55. The first kappa shape index (κ1) is 52.1. The number of hydrogen-bond acceptors (Lipinski definition) is 7. The Morgan fingerprint density at radius 2 is 1.28 bits per heavy atom. The maximum Gasteiger partial charge on any atom is 0.245 e. The van der Waals surface area contributed by atoms with Gasteiger partial charge in [0.15, 0.2) is 0 Å². The molecule has 0 unspecified atom stereocenters. The van der Waals surface area contributed by atoms with Crippen molar-refractivity contribution in [2.24, 2.45) is 5.92 Å². The number of unbranched alkanes of at least 4 members (excludes halogenated alkanes) is 14. The normalized spacial score (nSPS) is 17.7. The van der Waals surface area contributed by atoms with Crippen LogP contribution in [0, 0.1) is 5.92 Å². The summed E-state index contributed by atoms with van der Waals surface area (Å²) < 4.78 is 12.8. The molecular weight excluding hydrogens is 813 g/mol. The van der Waals surface area contributed by atoms with Crippen LogP contribution in [-0.2, 0) is 29.2 Å². The molecule has 360 valence electrons. The van der Waals surface area contributed by atoms with Gasteiger partial charge in [0.2, 0.25) is 11.8 Å². The first-order valence-corrected chi connectivity index (χ1v) is 25.9. The number of nitrogens with zero attached hydrogens (tertiary/aromatic N) is 1. The van der Waals surface area contributed by atoms with Gasteiger partial charge >= 0.3 is 0 Å². The first-order chi connectivity index (χ1) is 31.7. The first-order valence-electron chi connectivity index (χ1n) is 25.9. The zero-order chi connectivity index (χ0) is 46.1. The second-order valence-electron chi connectivity index (χ2n) is 19.4. The number of aliphatic hydroxyl groups excluding tert-OH is 3. The third-order valence-corrected chi connectivity index (χ3v) is 13.8. The maximum absolute atomic E-state index is 13.9. The second kappa shape index (κ2) is 29.7. The van der Waals surface area contributed by atoms with Gasteiger partial charge in [0.05, 0.1) is 24.4 Å². The van der Waals surface area contributed by atoms with E-state index in [2.05, 4.69) is 49.5 Å². The van der Waals surface area contributed by atoms with Crippen LogP contribution in [-0.4, -0.2) is 62.9 Å². The fourth-order valence-corrected chi connectivity index (χ4v) is 9.83. The van der Waals surface area contributed by atoms with E-state index in [9.17, 15) is 24.9 Å². The molecule has 9 nitrogen and oxygen atoms in total. The SMILES string of the molecule is CCCCCCCC[C@H](C)C[C@H](O)[C@@H](O)CC[C@@H](O)CCCCCCCCCCCCC(=O)N[C@H]1CC[C@@H]2c3c(cc(OCc4ccccc4)cc3OCc3ccccc3)CCN2C1=O. The zero-order valence-corrected chi connectivity index (χ0v) is 40.1. The van der Waals surface area contributed by atoms with Gasteiger partial charge in [0.25, 0.3) is 0 Å². The lowest BCUT2D eigenvalue weighted by molar-refractivity contribution is -0.142. The van der Waals surface area contributed by atoms with E-state index in [1.54, 1.807) is 0 Å². The number of hydrogen-bond donors (Lipinski definition) is 4. The summed E-state index contributed by atoms with van der Waals surface area (Å²) in [6.07, 6.45) is 22.8. The molecule has 1 saturated heterocycles. The van der Waals surface area contributed by atoms with E-state index in [0.717, 1.165) is 85.1 Å². The van der Waals surface area contributed by atoms with Crippen molar-refractivity contribution in [2.75, 3.05) is 6.54 Å². The highest BCUT2D eigenvalue weighted by molar-refractivity contribution is 5.89. The lowest BCUT2D eigenvalue weighted by Gasteiger charge is -2.44. The van der Waals surface area contributed by atoms with Gasteiger partial charge in [0, 0.05) is 24.6 Å². The molecule has 0 saturated carbocycles. The van der Waals surface area contributed by atoms with Crippen molar-refractivity contribution in [1.29, 1.82) is 0 Å². The number of aliphatic hydroxyl groups is 3. The van der Waals surface area contributed by atoms with Crippen LogP contribution in [0.3, 0.4) is 0 Å². The van der Waals surface area contributed by atoms with Crippen molar-refractivity contribution in [3.8, 4) is 11.5 Å². The molecule has 2 aliphatic heterocycles. The fourth-order valence-electron chi connectivity index (χ4n) is 9.83. The standard InChI is InChI=1S/C56H84N2O7/c1-3-4-5-6-13-18-25-43(2)38-52(61)51(60)35-32-47(59)30-23-14-11-9-7-8-10-12-15-24-31-54(62)57-49-33-34-50-55-46(36-37-58(50)56(49)63)39-48(64-41-44-26-19-16-20-27-44)40-53(55)65-42-45-28-21-17-22-29-45/h16-17,19-22,26-29,39-40,43,47,49-52,59-61H,3-15,18,23-25,30-38,41-42H2,1-2H3,(H,57,62)/t43-,47-,49-,50+,51-,52-/m0/s1. The summed E-state index contributed by atoms with van der Waals surface area (Å²) in [5.41, 5.74) is 4.39. The Labute approximate surface area is 392 Å². The van der Waals surface area contributed by atoms with E-state index in [-0.39, 0.29) is 17.9 Å². The van der Waals surface area contributed by atoms with Gasteiger partial charge in [-0.1, -0.05) is 177 Å². The van der Waals surface area contributed by atoms with E-state index in [1.165, 1.54) is 70.6 Å². The third kappa shape index (κ3) is 18.7. The maximum atomic E-state index is 13.9. The Balaban J connectivity index is 0.904. The number of nitrogens with one attached hydrogen (secondary N) is 1. The number of piperidine rings is 1. The molecule has 3 aromatic carbocycles. The third-order valence-electron chi connectivity index (χ3n) is 13.8. The summed E-state index contributed by atoms with van der Waals surface area (Å²) in [5.74, 6) is 1.89. The molecule has 65 heavy (non-hydrogen) atoms. The quantitative estimate of drug-likeness (QED) is 0.0448. The van der Waals surface area contributed by atoms with Crippen LogP contribution >= 0.6 is 0 Å². The Morgan fingerprint density at radius 1 is 0.692 bits per heavy atom. The molecule has 2 amide bonds. The van der Waals surface area contributed by atoms with Gasteiger partial charge < -0.3 is 35.0 Å². The Bertz CT molecular complexity index is 1770. The van der Waals surface area contributed by atoms with Crippen molar-refractivity contribution >= 4 is 11.8 Å². The van der Waals surface area contributed by atoms with Crippen LogP contribution in [0.1, 0.15) is 196 Å². The molecule has 9 heteroatoms. The van der Waals surface area contributed by atoms with Crippen LogP contribution in [0.4, 0.5) is 0 Å². The molecular formula is C56H84N2O7. The molecule has 0 spiro atoms. The van der Waals surface area contributed by atoms with E-state index < -0.39 is 24.4 Å². The molecule has 5 rings (SSSR count). The number of fused-ring (bicyclic) bond motifs is 3. The van der Waals surface area contributed by atoms with Crippen molar-refractivity contribution in [3.05, 3.63) is 95.1 Å². The molecule has 0 aromatic heterocycles. The van der Waals surface area contributed by atoms with Crippen LogP contribution in [0.2, 0.25) is 0 Å². The molecule has 3 aromatic rings. The molecule has 0 aliphatic carbocycles. The summed E-state index contributed by atoms with van der Waals surface area (Å²) in [7, 11) is 0. The zero-order valence-electron chi connectivity index (χ0n) is 40.1. The van der Waals surface area contributed by atoms with Gasteiger partial charge in [-0.25, -0.2) is 0 Å². The van der Waals surface area contributed by atoms with E-state index >= 15 is 0 Å². The largest absolute Gasteiger partial charge is 0.489 e. The summed E-state index contributed by atoms with van der Waals surface area (Å²) in [4.78, 5) is 28.9. The number of carbonyl (C=O) groups excluding carboxylic acids is 2. The van der Waals surface area contributed by atoms with Crippen LogP contribution < -0.4 is 14.8 Å². The highest BCUT2D eigenvalue weighted by Crippen LogP contribution is 2.44. The molecule has 4 N–H and O–H groups in total. The number of amides is 2. The fraction of sp³-hybridized carbons (Fsp3) is 0.643. The molecule has 0 radical (unpaired) electrons. The molecule has 1 fully saturated rings. The monoisotopic (exact) mass is 897 g/mol. The summed E-state index contributed by atoms with van der Waals surface area (Å²) in [6, 6.07) is 23.7. The molecule has 2 aliphatic rings. The number of rotatable bonds is 33. The summed E-state index contributed by atoms with van der Waals surface area (Å²) >= 11 is 0. The Kier molecular flexibility index (Phi) is 23.8. The van der Waals surface area contributed by atoms with Crippen molar-refractivity contribution in [2.45, 2.75) is 218 Å². The average Bonchev–Trinajstić information content (AvgIpc) is 3.32. The molecule has 6 atom stereocenters. The Hall–Kier alpha value is -3.92.